The van der Waals surface area contributed by atoms with E-state index in [1.165, 1.54) is 24.1 Å². The summed E-state index contributed by atoms with van der Waals surface area (Å²) >= 11 is 0. The number of benzene rings is 1. The highest BCUT2D eigenvalue weighted by Gasteiger charge is 2.16. The fourth-order valence-electron chi connectivity index (χ4n) is 2.46. The Morgan fingerprint density at radius 3 is 2.38 bits per heavy atom. The van der Waals surface area contributed by atoms with Crippen LogP contribution in [0.3, 0.4) is 0 Å². The van der Waals surface area contributed by atoms with E-state index in [1.807, 2.05) is 0 Å². The Bertz CT molecular complexity index is 325. The maximum Gasteiger partial charge on any atom is 0.00206 e. The van der Waals surface area contributed by atoms with Gasteiger partial charge in [0.15, 0.2) is 0 Å². The molecule has 1 N–H and O–H groups in total. The Hall–Kier alpha value is -0.820. The van der Waals surface area contributed by atoms with E-state index >= 15 is 0 Å². The lowest BCUT2D eigenvalue weighted by molar-refractivity contribution is 0.411. The molecule has 1 fully saturated rings. The van der Waals surface area contributed by atoms with Gasteiger partial charge in [-0.25, -0.2) is 0 Å². The number of hydrogen-bond donors (Lipinski definition) is 1. The smallest absolute Gasteiger partial charge is 0.00206 e. The van der Waals surface area contributed by atoms with Gasteiger partial charge in [-0.15, -0.1) is 0 Å². The fourth-order valence-corrected chi connectivity index (χ4v) is 2.46. The molecule has 1 aliphatic heterocycles. The summed E-state index contributed by atoms with van der Waals surface area (Å²) in [5.74, 6) is 0.740. The molecule has 1 saturated heterocycles. The third kappa shape index (κ3) is 3.08. The van der Waals surface area contributed by atoms with Gasteiger partial charge in [-0.1, -0.05) is 45.0 Å². The zero-order valence-corrected chi connectivity index (χ0v) is 10.7. The molecule has 1 aromatic carbocycles. The van der Waals surface area contributed by atoms with Crippen LogP contribution in [0, 0.1) is 5.41 Å². The molecule has 0 amide bonds. The normalized spacial score (nSPS) is 21.3. The maximum atomic E-state index is 3.42. The minimum absolute atomic E-state index is 0.385. The first-order valence-corrected chi connectivity index (χ1v) is 6.34. The van der Waals surface area contributed by atoms with E-state index in [2.05, 4.69) is 50.4 Å². The molecular formula is C15H23N. The first kappa shape index (κ1) is 11.7. The predicted molar refractivity (Wildman–Crippen MR) is 69.8 cm³/mol. The molecular weight excluding hydrogens is 194 g/mol. The van der Waals surface area contributed by atoms with Crippen molar-refractivity contribution in [2.45, 2.75) is 39.5 Å². The molecule has 2 rings (SSSR count). The van der Waals surface area contributed by atoms with Crippen LogP contribution >= 0.6 is 0 Å². The zero-order valence-electron chi connectivity index (χ0n) is 10.7. The Labute approximate surface area is 99.3 Å². The first-order chi connectivity index (χ1) is 7.54. The van der Waals surface area contributed by atoms with Crippen LogP contribution in [0.4, 0.5) is 0 Å². The summed E-state index contributed by atoms with van der Waals surface area (Å²) in [6.45, 7) is 9.21. The van der Waals surface area contributed by atoms with Crippen LogP contribution in [-0.2, 0) is 6.42 Å². The number of nitrogens with one attached hydrogen (secondary N) is 1. The lowest BCUT2D eigenvalue weighted by Crippen LogP contribution is -2.10. The van der Waals surface area contributed by atoms with Crippen LogP contribution < -0.4 is 5.32 Å². The van der Waals surface area contributed by atoms with Crippen molar-refractivity contribution in [2.75, 3.05) is 13.1 Å². The summed E-state index contributed by atoms with van der Waals surface area (Å²) in [5.41, 5.74) is 3.35. The minimum atomic E-state index is 0.385. The van der Waals surface area contributed by atoms with Crippen molar-refractivity contribution in [3.8, 4) is 0 Å². The summed E-state index contributed by atoms with van der Waals surface area (Å²) in [6, 6.07) is 9.25. The Balaban J connectivity index is 2.04. The average Bonchev–Trinajstić information content (AvgIpc) is 2.69. The van der Waals surface area contributed by atoms with Gasteiger partial charge in [0.2, 0.25) is 0 Å². The minimum Gasteiger partial charge on any atom is -0.316 e. The van der Waals surface area contributed by atoms with Crippen molar-refractivity contribution in [3.05, 3.63) is 35.4 Å². The molecule has 0 aromatic heterocycles. The molecule has 1 heterocycles. The van der Waals surface area contributed by atoms with E-state index in [0.717, 1.165) is 18.9 Å². The van der Waals surface area contributed by atoms with Gasteiger partial charge in [0, 0.05) is 6.54 Å². The summed E-state index contributed by atoms with van der Waals surface area (Å²) < 4.78 is 0. The SMILES string of the molecule is CC(C)(C)Cc1ccc(C2CCNC2)cc1. The molecule has 1 atom stereocenters. The lowest BCUT2D eigenvalue weighted by Gasteiger charge is -2.18. The summed E-state index contributed by atoms with van der Waals surface area (Å²) in [5, 5.41) is 3.42. The zero-order chi connectivity index (χ0) is 11.6. The van der Waals surface area contributed by atoms with Gasteiger partial charge >= 0.3 is 0 Å². The van der Waals surface area contributed by atoms with Crippen LogP contribution in [-0.4, -0.2) is 13.1 Å². The molecule has 0 aliphatic carbocycles. The van der Waals surface area contributed by atoms with Crippen LogP contribution in [0.2, 0.25) is 0 Å². The molecule has 16 heavy (non-hydrogen) atoms. The number of rotatable bonds is 2. The molecule has 0 saturated carbocycles. The van der Waals surface area contributed by atoms with Gasteiger partial charge in [0.1, 0.15) is 0 Å². The third-order valence-corrected chi connectivity index (χ3v) is 3.25. The Kier molecular flexibility index (Phi) is 3.34. The van der Waals surface area contributed by atoms with E-state index in [4.69, 9.17) is 0 Å². The Morgan fingerprint density at radius 1 is 1.19 bits per heavy atom. The molecule has 1 heteroatoms. The van der Waals surface area contributed by atoms with Crippen LogP contribution in [0.1, 0.15) is 44.2 Å². The molecule has 1 unspecified atom stereocenters. The molecule has 0 bridgehead atoms. The summed E-state index contributed by atoms with van der Waals surface area (Å²) in [4.78, 5) is 0. The second-order valence-electron chi connectivity index (χ2n) is 6.17. The monoisotopic (exact) mass is 217 g/mol. The van der Waals surface area contributed by atoms with E-state index in [1.54, 1.807) is 0 Å². The van der Waals surface area contributed by atoms with Crippen molar-refractivity contribution < 1.29 is 0 Å². The van der Waals surface area contributed by atoms with Gasteiger partial charge in [0.25, 0.3) is 0 Å². The molecule has 1 aromatic rings. The van der Waals surface area contributed by atoms with Crippen LogP contribution in [0.15, 0.2) is 24.3 Å². The third-order valence-electron chi connectivity index (χ3n) is 3.25. The first-order valence-electron chi connectivity index (χ1n) is 6.34. The topological polar surface area (TPSA) is 12.0 Å². The predicted octanol–water partition coefficient (Wildman–Crippen LogP) is 3.35. The maximum absolute atomic E-state index is 3.42. The van der Waals surface area contributed by atoms with Crippen molar-refractivity contribution in [1.82, 2.24) is 5.32 Å². The van der Waals surface area contributed by atoms with Crippen molar-refractivity contribution in [2.24, 2.45) is 5.41 Å². The quantitative estimate of drug-likeness (QED) is 0.801. The second kappa shape index (κ2) is 4.58. The van der Waals surface area contributed by atoms with E-state index in [0.29, 0.717) is 5.41 Å². The van der Waals surface area contributed by atoms with Gasteiger partial charge in [-0.05, 0) is 41.8 Å². The average molecular weight is 217 g/mol. The highest BCUT2D eigenvalue weighted by Crippen LogP contribution is 2.25. The summed E-state index contributed by atoms with van der Waals surface area (Å²) in [7, 11) is 0. The van der Waals surface area contributed by atoms with Crippen molar-refractivity contribution >= 4 is 0 Å². The van der Waals surface area contributed by atoms with E-state index in [9.17, 15) is 0 Å². The van der Waals surface area contributed by atoms with Gasteiger partial charge in [-0.3, -0.25) is 0 Å². The largest absolute Gasteiger partial charge is 0.316 e. The van der Waals surface area contributed by atoms with Crippen molar-refractivity contribution in [3.63, 3.8) is 0 Å². The van der Waals surface area contributed by atoms with Gasteiger partial charge in [0.05, 0.1) is 0 Å². The fraction of sp³-hybridized carbons (Fsp3) is 0.600. The standard InChI is InChI=1S/C15H23N/c1-15(2,3)10-12-4-6-13(7-5-12)14-8-9-16-11-14/h4-7,14,16H,8-11H2,1-3H3. The van der Waals surface area contributed by atoms with Gasteiger partial charge < -0.3 is 5.32 Å². The summed E-state index contributed by atoms with van der Waals surface area (Å²) in [6.07, 6.45) is 2.45. The number of hydrogen-bond acceptors (Lipinski definition) is 1. The molecule has 88 valence electrons. The van der Waals surface area contributed by atoms with Crippen LogP contribution in [0.5, 0.6) is 0 Å². The highest BCUT2D eigenvalue weighted by atomic mass is 14.9. The second-order valence-corrected chi connectivity index (χ2v) is 6.17. The molecule has 1 nitrogen and oxygen atoms in total. The Morgan fingerprint density at radius 2 is 1.88 bits per heavy atom. The van der Waals surface area contributed by atoms with E-state index < -0.39 is 0 Å². The lowest BCUT2D eigenvalue weighted by atomic mass is 9.87. The highest BCUT2D eigenvalue weighted by molar-refractivity contribution is 5.27. The molecule has 0 radical (unpaired) electrons. The molecule has 0 spiro atoms. The van der Waals surface area contributed by atoms with Crippen molar-refractivity contribution in [1.29, 1.82) is 0 Å². The van der Waals surface area contributed by atoms with Crippen LogP contribution in [0.25, 0.3) is 0 Å². The van der Waals surface area contributed by atoms with Gasteiger partial charge in [-0.2, -0.15) is 0 Å². The molecule has 1 aliphatic rings. The van der Waals surface area contributed by atoms with E-state index in [-0.39, 0.29) is 0 Å².